The largest absolute Gasteiger partial charge is 0.340 e. The fraction of sp³-hybridized carbons (Fsp3) is 0.214. The Balaban J connectivity index is 2.16. The molecule has 0 amide bonds. The van der Waals surface area contributed by atoms with Crippen LogP contribution in [0.4, 0.5) is 5.69 Å². The highest BCUT2D eigenvalue weighted by atomic mass is 32.2. The number of hydrogen-bond acceptors (Lipinski definition) is 4. The zero-order chi connectivity index (χ0) is 13.7. The molecule has 0 radical (unpaired) electrons. The van der Waals surface area contributed by atoms with Gasteiger partial charge in [0.1, 0.15) is 5.84 Å². The first-order chi connectivity index (χ1) is 9.24. The van der Waals surface area contributed by atoms with Gasteiger partial charge in [0.25, 0.3) is 0 Å². The van der Waals surface area contributed by atoms with Crippen molar-refractivity contribution in [2.75, 3.05) is 18.6 Å². The zero-order valence-electron chi connectivity index (χ0n) is 11.0. The number of rotatable bonds is 5. The molecule has 0 atom stereocenters. The number of hydrogen-bond donors (Lipinski definition) is 3. The lowest BCUT2D eigenvalue weighted by Crippen LogP contribution is -2.11. The molecule has 2 rings (SSSR count). The van der Waals surface area contributed by atoms with Gasteiger partial charge in [-0.3, -0.25) is 5.41 Å². The molecule has 5 heteroatoms. The number of anilines is 1. The first kappa shape index (κ1) is 14.1. The number of nitrogens with one attached hydrogen (secondary N) is 3. The van der Waals surface area contributed by atoms with Crippen LogP contribution in [0.3, 0.4) is 0 Å². The van der Waals surface area contributed by atoms with Crippen LogP contribution in [-0.4, -0.2) is 19.1 Å². The maximum absolute atomic E-state index is 8.03. The van der Waals surface area contributed by atoms with Gasteiger partial charge < -0.3 is 10.6 Å². The standard InChI is InChI=1S/C14H17N3S2/c1-16-9-10-8-11(5-6-12(10)18-2)17-14(15)13-4-3-7-19-13/h3-8,16H,9H2,1-2H3,(H2,15,17). The van der Waals surface area contributed by atoms with Gasteiger partial charge in [-0.05, 0) is 48.5 Å². The molecule has 0 unspecified atom stereocenters. The van der Waals surface area contributed by atoms with E-state index in [4.69, 9.17) is 5.41 Å². The first-order valence-electron chi connectivity index (χ1n) is 5.95. The first-order valence-corrected chi connectivity index (χ1v) is 8.06. The molecule has 0 spiro atoms. The third kappa shape index (κ3) is 3.59. The van der Waals surface area contributed by atoms with Gasteiger partial charge in [-0.2, -0.15) is 0 Å². The summed E-state index contributed by atoms with van der Waals surface area (Å²) < 4.78 is 0. The summed E-state index contributed by atoms with van der Waals surface area (Å²) in [4.78, 5) is 2.21. The third-order valence-electron chi connectivity index (χ3n) is 2.68. The van der Waals surface area contributed by atoms with Crippen LogP contribution in [-0.2, 0) is 6.54 Å². The molecule has 3 N–H and O–H groups in total. The molecule has 19 heavy (non-hydrogen) atoms. The highest BCUT2D eigenvalue weighted by Gasteiger charge is 2.06. The second-order valence-corrected chi connectivity index (χ2v) is 5.83. The van der Waals surface area contributed by atoms with Crippen molar-refractivity contribution in [2.24, 2.45) is 0 Å². The van der Waals surface area contributed by atoms with Crippen LogP contribution in [0.15, 0.2) is 40.6 Å². The van der Waals surface area contributed by atoms with Gasteiger partial charge in [-0.1, -0.05) is 6.07 Å². The summed E-state index contributed by atoms with van der Waals surface area (Å²) in [6.07, 6.45) is 2.08. The zero-order valence-corrected chi connectivity index (χ0v) is 12.6. The van der Waals surface area contributed by atoms with E-state index in [9.17, 15) is 0 Å². The summed E-state index contributed by atoms with van der Waals surface area (Å²) in [6, 6.07) is 10.1. The molecule has 0 aliphatic carbocycles. The van der Waals surface area contributed by atoms with Gasteiger partial charge in [0.15, 0.2) is 0 Å². The van der Waals surface area contributed by atoms with Crippen molar-refractivity contribution in [1.82, 2.24) is 5.32 Å². The van der Waals surface area contributed by atoms with Crippen LogP contribution in [0.2, 0.25) is 0 Å². The van der Waals surface area contributed by atoms with Crippen molar-refractivity contribution in [3.63, 3.8) is 0 Å². The topological polar surface area (TPSA) is 47.9 Å². The molecule has 100 valence electrons. The van der Waals surface area contributed by atoms with Crippen molar-refractivity contribution in [3.05, 3.63) is 46.2 Å². The molecule has 0 fully saturated rings. The van der Waals surface area contributed by atoms with Gasteiger partial charge in [0.05, 0.1) is 4.88 Å². The molecular formula is C14H17N3S2. The van der Waals surface area contributed by atoms with Crippen LogP contribution in [0.25, 0.3) is 0 Å². The van der Waals surface area contributed by atoms with Gasteiger partial charge in [0, 0.05) is 17.1 Å². The predicted octanol–water partition coefficient (Wildman–Crippen LogP) is 3.63. The predicted molar refractivity (Wildman–Crippen MR) is 85.8 cm³/mol. The minimum absolute atomic E-state index is 0.447. The molecule has 0 saturated carbocycles. The Kier molecular flexibility index (Phi) is 5.01. The number of thioether (sulfide) groups is 1. The Hall–Kier alpha value is -1.30. The summed E-state index contributed by atoms with van der Waals surface area (Å²) in [7, 11) is 1.94. The maximum Gasteiger partial charge on any atom is 0.140 e. The summed E-state index contributed by atoms with van der Waals surface area (Å²) in [5.74, 6) is 0.447. The molecule has 0 bridgehead atoms. The van der Waals surface area contributed by atoms with Crippen LogP contribution >= 0.6 is 23.1 Å². The minimum Gasteiger partial charge on any atom is -0.340 e. The molecule has 3 nitrogen and oxygen atoms in total. The molecule has 2 aromatic rings. The molecule has 0 aliphatic heterocycles. The van der Waals surface area contributed by atoms with Crippen LogP contribution in [0.1, 0.15) is 10.4 Å². The SMILES string of the molecule is CNCc1cc(NC(=N)c2cccs2)ccc1SC. The van der Waals surface area contributed by atoms with Crippen LogP contribution in [0.5, 0.6) is 0 Å². The lowest BCUT2D eigenvalue weighted by Gasteiger charge is -2.11. The normalized spacial score (nSPS) is 10.4. The van der Waals surface area contributed by atoms with E-state index in [0.29, 0.717) is 5.84 Å². The second kappa shape index (κ2) is 6.75. The van der Waals surface area contributed by atoms with Gasteiger partial charge in [-0.15, -0.1) is 23.1 Å². The molecule has 0 saturated heterocycles. The Labute approximate surface area is 121 Å². The van der Waals surface area contributed by atoms with Crippen LogP contribution in [0, 0.1) is 5.41 Å². The van der Waals surface area contributed by atoms with Gasteiger partial charge in [0.2, 0.25) is 0 Å². The lowest BCUT2D eigenvalue weighted by molar-refractivity contribution is 0.804. The quantitative estimate of drug-likeness (QED) is 0.448. The van der Waals surface area contributed by atoms with Gasteiger partial charge >= 0.3 is 0 Å². The number of amidine groups is 1. The van der Waals surface area contributed by atoms with Crippen molar-refractivity contribution in [3.8, 4) is 0 Å². The second-order valence-electron chi connectivity index (χ2n) is 4.03. The summed E-state index contributed by atoms with van der Waals surface area (Å²) in [5, 5.41) is 16.3. The fourth-order valence-corrected chi connectivity index (χ4v) is 3.04. The maximum atomic E-state index is 8.03. The van der Waals surface area contributed by atoms with E-state index in [1.165, 1.54) is 10.5 Å². The van der Waals surface area contributed by atoms with E-state index in [-0.39, 0.29) is 0 Å². The van der Waals surface area contributed by atoms with Crippen molar-refractivity contribution in [2.45, 2.75) is 11.4 Å². The summed E-state index contributed by atoms with van der Waals surface area (Å²) >= 11 is 3.31. The summed E-state index contributed by atoms with van der Waals surface area (Å²) in [5.41, 5.74) is 2.21. The smallest absolute Gasteiger partial charge is 0.140 e. The Morgan fingerprint density at radius 2 is 2.21 bits per heavy atom. The third-order valence-corrected chi connectivity index (χ3v) is 4.41. The van der Waals surface area contributed by atoms with E-state index < -0.39 is 0 Å². The highest BCUT2D eigenvalue weighted by Crippen LogP contribution is 2.24. The number of thiophene rings is 1. The van der Waals surface area contributed by atoms with E-state index >= 15 is 0 Å². The molecule has 1 heterocycles. The van der Waals surface area contributed by atoms with Crippen molar-refractivity contribution >= 4 is 34.6 Å². The average molecular weight is 291 g/mol. The average Bonchev–Trinajstić information content (AvgIpc) is 2.93. The number of benzene rings is 1. The van der Waals surface area contributed by atoms with E-state index in [1.807, 2.05) is 30.6 Å². The molecule has 0 aliphatic rings. The lowest BCUT2D eigenvalue weighted by atomic mass is 10.2. The van der Waals surface area contributed by atoms with Crippen molar-refractivity contribution < 1.29 is 0 Å². The summed E-state index contributed by atoms with van der Waals surface area (Å²) in [6.45, 7) is 0.831. The Morgan fingerprint density at radius 3 is 2.84 bits per heavy atom. The highest BCUT2D eigenvalue weighted by molar-refractivity contribution is 7.98. The Morgan fingerprint density at radius 1 is 1.37 bits per heavy atom. The van der Waals surface area contributed by atoms with Crippen LogP contribution < -0.4 is 10.6 Å². The fourth-order valence-electron chi connectivity index (χ4n) is 1.81. The van der Waals surface area contributed by atoms with Crippen molar-refractivity contribution in [1.29, 1.82) is 5.41 Å². The van der Waals surface area contributed by atoms with E-state index in [2.05, 4.69) is 29.0 Å². The monoisotopic (exact) mass is 291 g/mol. The molecule has 1 aromatic heterocycles. The Bertz CT molecular complexity index is 550. The minimum atomic E-state index is 0.447. The van der Waals surface area contributed by atoms with E-state index in [1.54, 1.807) is 23.1 Å². The van der Waals surface area contributed by atoms with Gasteiger partial charge in [-0.25, -0.2) is 0 Å². The van der Waals surface area contributed by atoms with E-state index in [0.717, 1.165) is 17.1 Å². The molecule has 1 aromatic carbocycles. The molecular weight excluding hydrogens is 274 g/mol.